The Morgan fingerprint density at radius 3 is 2.43 bits per heavy atom. The third kappa shape index (κ3) is 2.71. The molecule has 2 rings (SSSR count). The van der Waals surface area contributed by atoms with Crippen LogP contribution in [0, 0.1) is 0 Å². The van der Waals surface area contributed by atoms with Crippen LogP contribution in [0.15, 0.2) is 16.6 Å². The molecule has 1 N–H and O–H groups in total. The van der Waals surface area contributed by atoms with Gasteiger partial charge in [-0.25, -0.2) is 4.79 Å². The maximum atomic E-state index is 11.0. The highest BCUT2D eigenvalue weighted by Gasteiger charge is 2.23. The van der Waals surface area contributed by atoms with Crippen LogP contribution < -0.4 is 9.47 Å². The lowest BCUT2D eigenvalue weighted by atomic mass is 10.1. The van der Waals surface area contributed by atoms with E-state index in [1.807, 2.05) is 0 Å². The fourth-order valence-electron chi connectivity index (χ4n) is 2.01. The van der Waals surface area contributed by atoms with E-state index in [4.69, 9.17) is 26.2 Å². The molecule has 0 aliphatic carbocycles. The lowest BCUT2D eigenvalue weighted by molar-refractivity contribution is 0.0689. The monoisotopic (exact) mass is 374 g/mol. The Morgan fingerprint density at radius 1 is 1.33 bits per heavy atom. The normalized spacial score (nSPS) is 10.5. The Labute approximate surface area is 134 Å². The van der Waals surface area contributed by atoms with Crippen LogP contribution in [0.1, 0.15) is 10.5 Å². The van der Waals surface area contributed by atoms with E-state index < -0.39 is 5.97 Å². The molecule has 0 amide bonds. The van der Waals surface area contributed by atoms with E-state index in [2.05, 4.69) is 21.0 Å². The number of carboxylic acid groups (broad SMARTS) is 1. The number of nitrogens with zero attached hydrogens (tertiary/aromatic N) is 2. The standard InChI is InChI=1S/C13H12BrClN2O4/c1-17-9(5-8(16-17)13(18)19)10-7(15)4-6(14)11(20-2)12(10)21-3/h4-5H,1-3H3,(H,18,19). The quantitative estimate of drug-likeness (QED) is 0.888. The van der Waals surface area contributed by atoms with E-state index in [1.165, 1.54) is 25.0 Å². The molecular formula is C13H12BrClN2O4. The Kier molecular flexibility index (Phi) is 4.43. The average molecular weight is 376 g/mol. The summed E-state index contributed by atoms with van der Waals surface area (Å²) < 4.78 is 12.7. The largest absolute Gasteiger partial charge is 0.492 e. The molecule has 0 fully saturated rings. The van der Waals surface area contributed by atoms with Crippen molar-refractivity contribution in [1.82, 2.24) is 9.78 Å². The van der Waals surface area contributed by atoms with Gasteiger partial charge in [-0.2, -0.15) is 5.10 Å². The molecule has 0 saturated heterocycles. The second kappa shape index (κ2) is 5.95. The maximum absolute atomic E-state index is 11.0. The van der Waals surface area contributed by atoms with Gasteiger partial charge < -0.3 is 14.6 Å². The predicted octanol–water partition coefficient (Wildman–Crippen LogP) is 3.22. The molecule has 0 radical (unpaired) electrons. The average Bonchev–Trinajstić information content (AvgIpc) is 2.80. The number of carbonyl (C=O) groups is 1. The molecule has 21 heavy (non-hydrogen) atoms. The summed E-state index contributed by atoms with van der Waals surface area (Å²) in [4.78, 5) is 11.0. The number of methoxy groups -OCH3 is 2. The molecule has 1 heterocycles. The fraction of sp³-hybridized carbons (Fsp3) is 0.231. The summed E-state index contributed by atoms with van der Waals surface area (Å²) in [6.45, 7) is 0. The molecular weight excluding hydrogens is 364 g/mol. The number of hydrogen-bond donors (Lipinski definition) is 1. The Hall–Kier alpha value is -1.73. The second-order valence-electron chi connectivity index (χ2n) is 4.13. The first-order valence-electron chi connectivity index (χ1n) is 5.78. The minimum Gasteiger partial charge on any atom is -0.492 e. The first kappa shape index (κ1) is 15.7. The molecule has 8 heteroatoms. The number of aromatic nitrogens is 2. The number of aromatic carboxylic acids is 1. The summed E-state index contributed by atoms with van der Waals surface area (Å²) in [5.41, 5.74) is 0.953. The highest BCUT2D eigenvalue weighted by molar-refractivity contribution is 9.10. The van der Waals surface area contributed by atoms with Crippen LogP contribution in [0.3, 0.4) is 0 Å². The maximum Gasteiger partial charge on any atom is 0.356 e. The van der Waals surface area contributed by atoms with Gasteiger partial charge in [0.15, 0.2) is 17.2 Å². The highest BCUT2D eigenvalue weighted by Crippen LogP contribution is 2.47. The Bertz CT molecular complexity index is 715. The zero-order valence-corrected chi connectivity index (χ0v) is 13.8. The van der Waals surface area contributed by atoms with E-state index in [1.54, 1.807) is 13.1 Å². The van der Waals surface area contributed by atoms with Crippen LogP contribution in [0.4, 0.5) is 0 Å². The third-order valence-corrected chi connectivity index (χ3v) is 3.79. The molecule has 0 spiro atoms. The van der Waals surface area contributed by atoms with Gasteiger partial charge in [0, 0.05) is 7.05 Å². The van der Waals surface area contributed by atoms with Crippen LogP contribution in [0.25, 0.3) is 11.3 Å². The molecule has 0 atom stereocenters. The number of rotatable bonds is 4. The second-order valence-corrected chi connectivity index (χ2v) is 5.39. The van der Waals surface area contributed by atoms with Crippen molar-refractivity contribution in [3.8, 4) is 22.8 Å². The van der Waals surface area contributed by atoms with Crippen molar-refractivity contribution in [3.05, 3.63) is 27.3 Å². The van der Waals surface area contributed by atoms with Crippen molar-refractivity contribution in [1.29, 1.82) is 0 Å². The molecule has 2 aromatic rings. The number of hydrogen-bond acceptors (Lipinski definition) is 4. The first-order valence-corrected chi connectivity index (χ1v) is 6.95. The van der Waals surface area contributed by atoms with Crippen LogP contribution in [0.5, 0.6) is 11.5 Å². The van der Waals surface area contributed by atoms with E-state index in [0.717, 1.165) is 0 Å². The lowest BCUT2D eigenvalue weighted by Crippen LogP contribution is -2.00. The van der Waals surface area contributed by atoms with Crippen molar-refractivity contribution in [2.45, 2.75) is 0 Å². The van der Waals surface area contributed by atoms with Gasteiger partial charge in [0.2, 0.25) is 0 Å². The van der Waals surface area contributed by atoms with Crippen LogP contribution >= 0.6 is 27.5 Å². The van der Waals surface area contributed by atoms with E-state index in [0.29, 0.717) is 32.3 Å². The molecule has 0 unspecified atom stereocenters. The van der Waals surface area contributed by atoms with E-state index >= 15 is 0 Å². The van der Waals surface area contributed by atoms with Crippen molar-refractivity contribution < 1.29 is 19.4 Å². The summed E-state index contributed by atoms with van der Waals surface area (Å²) in [6.07, 6.45) is 0. The Morgan fingerprint density at radius 2 is 1.95 bits per heavy atom. The molecule has 0 aliphatic heterocycles. The zero-order chi connectivity index (χ0) is 15.7. The smallest absolute Gasteiger partial charge is 0.356 e. The van der Waals surface area contributed by atoms with Crippen LogP contribution in [0.2, 0.25) is 5.02 Å². The number of aryl methyl sites for hydroxylation is 1. The van der Waals surface area contributed by atoms with Crippen LogP contribution in [-0.4, -0.2) is 35.1 Å². The Balaban J connectivity index is 2.77. The first-order chi connectivity index (χ1) is 9.90. The van der Waals surface area contributed by atoms with Crippen molar-refractivity contribution in [3.63, 3.8) is 0 Å². The molecule has 112 valence electrons. The van der Waals surface area contributed by atoms with Gasteiger partial charge in [0.1, 0.15) is 0 Å². The zero-order valence-electron chi connectivity index (χ0n) is 11.5. The molecule has 1 aromatic carbocycles. The SMILES string of the molecule is COc1c(Br)cc(Cl)c(-c2cc(C(=O)O)nn2C)c1OC. The van der Waals surface area contributed by atoms with Gasteiger partial charge in [0.25, 0.3) is 0 Å². The van der Waals surface area contributed by atoms with Gasteiger partial charge in [-0.05, 0) is 28.1 Å². The van der Waals surface area contributed by atoms with Gasteiger partial charge in [-0.1, -0.05) is 11.6 Å². The third-order valence-electron chi connectivity index (χ3n) is 2.91. The molecule has 0 bridgehead atoms. The van der Waals surface area contributed by atoms with E-state index in [9.17, 15) is 4.79 Å². The minimum atomic E-state index is -1.11. The van der Waals surface area contributed by atoms with Gasteiger partial charge >= 0.3 is 5.97 Å². The summed E-state index contributed by atoms with van der Waals surface area (Å²) in [6, 6.07) is 3.09. The van der Waals surface area contributed by atoms with Gasteiger partial charge in [-0.3, -0.25) is 4.68 Å². The van der Waals surface area contributed by atoms with Gasteiger partial charge in [-0.15, -0.1) is 0 Å². The molecule has 1 aromatic heterocycles. The highest BCUT2D eigenvalue weighted by atomic mass is 79.9. The van der Waals surface area contributed by atoms with Crippen molar-refractivity contribution >= 4 is 33.5 Å². The van der Waals surface area contributed by atoms with Crippen LogP contribution in [-0.2, 0) is 7.05 Å². The number of carboxylic acids is 1. The number of benzene rings is 1. The molecule has 0 saturated carbocycles. The molecule has 6 nitrogen and oxygen atoms in total. The fourth-order valence-corrected chi connectivity index (χ4v) is 3.00. The number of ether oxygens (including phenoxy) is 2. The summed E-state index contributed by atoms with van der Waals surface area (Å²) >= 11 is 9.63. The molecule has 0 aliphatic rings. The number of halogens is 2. The minimum absolute atomic E-state index is 0.0764. The van der Waals surface area contributed by atoms with Crippen molar-refractivity contribution in [2.24, 2.45) is 7.05 Å². The van der Waals surface area contributed by atoms with Gasteiger partial charge in [0.05, 0.1) is 35.0 Å². The van der Waals surface area contributed by atoms with Crippen molar-refractivity contribution in [2.75, 3.05) is 14.2 Å². The van der Waals surface area contributed by atoms with E-state index in [-0.39, 0.29) is 5.69 Å². The summed E-state index contributed by atoms with van der Waals surface area (Å²) in [7, 11) is 4.62. The predicted molar refractivity (Wildman–Crippen MR) is 81.4 cm³/mol. The summed E-state index contributed by atoms with van der Waals surface area (Å²) in [5, 5.41) is 13.4. The summed E-state index contributed by atoms with van der Waals surface area (Å²) in [5.74, 6) is -0.247. The topological polar surface area (TPSA) is 73.6 Å². The lowest BCUT2D eigenvalue weighted by Gasteiger charge is -2.16.